The van der Waals surface area contributed by atoms with Gasteiger partial charge in [0.2, 0.25) is 0 Å². The third-order valence-corrected chi connectivity index (χ3v) is 3.72. The number of amides is 1. The van der Waals surface area contributed by atoms with Crippen LogP contribution >= 0.6 is 0 Å². The lowest BCUT2D eigenvalue weighted by Gasteiger charge is -2.09. The van der Waals surface area contributed by atoms with Gasteiger partial charge in [-0.2, -0.15) is 0 Å². The van der Waals surface area contributed by atoms with E-state index in [0.717, 1.165) is 11.4 Å². The van der Waals surface area contributed by atoms with Gasteiger partial charge in [-0.15, -0.1) is 0 Å². The lowest BCUT2D eigenvalue weighted by Crippen LogP contribution is -2.34. The summed E-state index contributed by atoms with van der Waals surface area (Å²) in [4.78, 5) is 26.5. The minimum absolute atomic E-state index is 0.0360. The standard InChI is InChI=1S/C17H16N4O3/c22-17(12-5-7-14(8-6-12)21(23)24)19-10-9-18-16-15-4-2-1-3-13(15)11-20-16/h1-8H,9-11H2,(H,18,20)(H,19,22). The van der Waals surface area contributed by atoms with Crippen molar-refractivity contribution in [2.75, 3.05) is 13.1 Å². The summed E-state index contributed by atoms with van der Waals surface area (Å²) in [5, 5.41) is 16.6. The average molecular weight is 324 g/mol. The number of benzene rings is 2. The highest BCUT2D eigenvalue weighted by molar-refractivity contribution is 6.02. The second-order valence-electron chi connectivity index (χ2n) is 5.31. The fourth-order valence-corrected chi connectivity index (χ4v) is 2.48. The number of carbonyl (C=O) groups excluding carboxylic acids is 1. The second kappa shape index (κ2) is 6.91. The molecular formula is C17H16N4O3. The number of nitrogens with one attached hydrogen (secondary N) is 2. The molecule has 0 fully saturated rings. The SMILES string of the molecule is O=C(NCCNC1=NCc2ccccc21)c1ccc([N+](=O)[O-])cc1. The third kappa shape index (κ3) is 3.40. The molecule has 0 aromatic heterocycles. The molecule has 1 amide bonds. The number of non-ortho nitro benzene ring substituents is 1. The smallest absolute Gasteiger partial charge is 0.269 e. The second-order valence-corrected chi connectivity index (χ2v) is 5.31. The number of hydrogen-bond donors (Lipinski definition) is 2. The lowest BCUT2D eigenvalue weighted by atomic mass is 10.1. The van der Waals surface area contributed by atoms with E-state index in [2.05, 4.69) is 15.6 Å². The molecule has 0 atom stereocenters. The molecule has 0 spiro atoms. The van der Waals surface area contributed by atoms with Crippen molar-refractivity contribution < 1.29 is 9.72 Å². The van der Waals surface area contributed by atoms with Gasteiger partial charge < -0.3 is 10.6 Å². The number of hydrogen-bond acceptors (Lipinski definition) is 5. The number of nitro groups is 1. The quantitative estimate of drug-likeness (QED) is 0.498. The van der Waals surface area contributed by atoms with Crippen LogP contribution in [-0.2, 0) is 6.54 Å². The van der Waals surface area contributed by atoms with E-state index in [1.165, 1.54) is 29.8 Å². The van der Waals surface area contributed by atoms with Crippen molar-refractivity contribution in [2.45, 2.75) is 6.54 Å². The van der Waals surface area contributed by atoms with Gasteiger partial charge in [-0.25, -0.2) is 0 Å². The Labute approximate surface area is 138 Å². The van der Waals surface area contributed by atoms with E-state index in [4.69, 9.17) is 0 Å². The maximum Gasteiger partial charge on any atom is 0.269 e. The lowest BCUT2D eigenvalue weighted by molar-refractivity contribution is -0.384. The molecule has 7 heteroatoms. The monoisotopic (exact) mass is 324 g/mol. The molecule has 0 aliphatic carbocycles. The summed E-state index contributed by atoms with van der Waals surface area (Å²) in [6, 6.07) is 13.5. The number of aliphatic imine (C=N–C) groups is 1. The molecule has 1 aliphatic rings. The van der Waals surface area contributed by atoms with Crippen LogP contribution in [-0.4, -0.2) is 29.8 Å². The summed E-state index contributed by atoms with van der Waals surface area (Å²) in [7, 11) is 0. The van der Waals surface area contributed by atoms with Crippen molar-refractivity contribution in [3.8, 4) is 0 Å². The molecule has 3 rings (SSSR count). The van der Waals surface area contributed by atoms with Gasteiger partial charge in [-0.1, -0.05) is 24.3 Å². The predicted molar refractivity (Wildman–Crippen MR) is 90.1 cm³/mol. The first-order valence-corrected chi connectivity index (χ1v) is 7.54. The van der Waals surface area contributed by atoms with Crippen LogP contribution < -0.4 is 10.6 Å². The van der Waals surface area contributed by atoms with Gasteiger partial charge in [0.15, 0.2) is 0 Å². The van der Waals surface area contributed by atoms with E-state index in [1.807, 2.05) is 24.3 Å². The van der Waals surface area contributed by atoms with Crippen LogP contribution in [0.4, 0.5) is 5.69 Å². The summed E-state index contributed by atoms with van der Waals surface area (Å²) in [6.07, 6.45) is 0. The van der Waals surface area contributed by atoms with Gasteiger partial charge >= 0.3 is 0 Å². The number of amidine groups is 1. The zero-order chi connectivity index (χ0) is 16.9. The summed E-state index contributed by atoms with van der Waals surface area (Å²) in [6.45, 7) is 1.65. The Bertz CT molecular complexity index is 800. The highest BCUT2D eigenvalue weighted by atomic mass is 16.6. The first-order chi connectivity index (χ1) is 11.6. The summed E-state index contributed by atoms with van der Waals surface area (Å²) >= 11 is 0. The fraction of sp³-hybridized carbons (Fsp3) is 0.176. The summed E-state index contributed by atoms with van der Waals surface area (Å²) < 4.78 is 0. The molecule has 1 heterocycles. The molecular weight excluding hydrogens is 308 g/mol. The molecule has 2 aromatic rings. The van der Waals surface area contributed by atoms with Crippen LogP contribution in [0.5, 0.6) is 0 Å². The van der Waals surface area contributed by atoms with Gasteiger partial charge in [0.25, 0.3) is 11.6 Å². The largest absolute Gasteiger partial charge is 0.368 e. The molecule has 0 bridgehead atoms. The van der Waals surface area contributed by atoms with Crippen molar-refractivity contribution in [2.24, 2.45) is 4.99 Å². The highest BCUT2D eigenvalue weighted by Gasteiger charge is 2.14. The summed E-state index contributed by atoms with van der Waals surface area (Å²) in [5.41, 5.74) is 2.64. The van der Waals surface area contributed by atoms with E-state index in [9.17, 15) is 14.9 Å². The molecule has 0 saturated carbocycles. The topological polar surface area (TPSA) is 96.6 Å². The van der Waals surface area contributed by atoms with Crippen molar-refractivity contribution in [1.29, 1.82) is 0 Å². The van der Waals surface area contributed by atoms with E-state index < -0.39 is 4.92 Å². The minimum atomic E-state index is -0.494. The maximum atomic E-state index is 12.0. The molecule has 2 aromatic carbocycles. The predicted octanol–water partition coefficient (Wildman–Crippen LogP) is 1.87. The van der Waals surface area contributed by atoms with Gasteiger partial charge in [0, 0.05) is 36.3 Å². The average Bonchev–Trinajstić information content (AvgIpc) is 3.02. The van der Waals surface area contributed by atoms with E-state index >= 15 is 0 Å². The Hall–Kier alpha value is -3.22. The molecule has 0 unspecified atom stereocenters. The van der Waals surface area contributed by atoms with E-state index in [1.54, 1.807) is 0 Å². The Balaban J connectivity index is 1.47. The van der Waals surface area contributed by atoms with Crippen molar-refractivity contribution in [3.05, 3.63) is 75.3 Å². The zero-order valence-corrected chi connectivity index (χ0v) is 12.9. The number of fused-ring (bicyclic) bond motifs is 1. The molecule has 24 heavy (non-hydrogen) atoms. The first-order valence-electron chi connectivity index (χ1n) is 7.54. The van der Waals surface area contributed by atoms with Crippen molar-refractivity contribution >= 4 is 17.4 Å². The maximum absolute atomic E-state index is 12.0. The van der Waals surface area contributed by atoms with Crippen LogP contribution in [0.15, 0.2) is 53.5 Å². The van der Waals surface area contributed by atoms with Crippen molar-refractivity contribution in [1.82, 2.24) is 10.6 Å². The number of carbonyl (C=O) groups is 1. The fourth-order valence-electron chi connectivity index (χ4n) is 2.48. The number of rotatable bonds is 5. The van der Waals surface area contributed by atoms with Crippen LogP contribution in [0.1, 0.15) is 21.5 Å². The van der Waals surface area contributed by atoms with E-state index in [0.29, 0.717) is 25.2 Å². The van der Waals surface area contributed by atoms with Crippen LogP contribution in [0.25, 0.3) is 0 Å². The molecule has 1 aliphatic heterocycles. The number of nitrogens with zero attached hydrogens (tertiary/aromatic N) is 2. The molecule has 2 N–H and O–H groups in total. The molecule has 7 nitrogen and oxygen atoms in total. The Morgan fingerprint density at radius 3 is 2.62 bits per heavy atom. The first kappa shape index (κ1) is 15.7. The van der Waals surface area contributed by atoms with Crippen LogP contribution in [0.3, 0.4) is 0 Å². The van der Waals surface area contributed by atoms with Crippen LogP contribution in [0, 0.1) is 10.1 Å². The minimum Gasteiger partial charge on any atom is -0.368 e. The van der Waals surface area contributed by atoms with Gasteiger partial charge in [0.1, 0.15) is 5.84 Å². The molecule has 0 saturated heterocycles. The number of nitro benzene ring substituents is 1. The Morgan fingerprint density at radius 1 is 1.12 bits per heavy atom. The molecule has 122 valence electrons. The Kier molecular flexibility index (Phi) is 4.51. The van der Waals surface area contributed by atoms with Gasteiger partial charge in [0.05, 0.1) is 11.5 Å². The Morgan fingerprint density at radius 2 is 1.88 bits per heavy atom. The highest BCUT2D eigenvalue weighted by Crippen LogP contribution is 2.16. The zero-order valence-electron chi connectivity index (χ0n) is 12.9. The summed E-state index contributed by atoms with van der Waals surface area (Å²) in [5.74, 6) is 0.579. The van der Waals surface area contributed by atoms with Gasteiger partial charge in [-0.05, 0) is 17.7 Å². The van der Waals surface area contributed by atoms with Crippen LogP contribution in [0.2, 0.25) is 0 Å². The van der Waals surface area contributed by atoms with Gasteiger partial charge in [-0.3, -0.25) is 19.9 Å². The third-order valence-electron chi connectivity index (χ3n) is 3.72. The van der Waals surface area contributed by atoms with E-state index in [-0.39, 0.29) is 11.6 Å². The molecule has 0 radical (unpaired) electrons. The normalized spacial score (nSPS) is 12.2. The van der Waals surface area contributed by atoms with Crippen molar-refractivity contribution in [3.63, 3.8) is 0 Å².